The maximum Gasteiger partial charge on any atom is 0.288 e. The largest absolute Gasteiger partial charge is 0.364 e. The smallest absolute Gasteiger partial charge is 0.288 e. The maximum absolute atomic E-state index is 11.9. The van der Waals surface area contributed by atoms with Crippen molar-refractivity contribution in [3.63, 3.8) is 0 Å². The summed E-state index contributed by atoms with van der Waals surface area (Å²) in [5, 5.41) is 6.41. The first-order valence-corrected chi connectivity index (χ1v) is 8.41. The molecule has 0 radical (unpaired) electrons. The van der Waals surface area contributed by atoms with E-state index in [4.69, 9.17) is 11.6 Å². The van der Waals surface area contributed by atoms with Crippen LogP contribution in [0, 0.1) is 13.8 Å². The van der Waals surface area contributed by atoms with Crippen LogP contribution < -0.4 is 15.5 Å². The summed E-state index contributed by atoms with van der Waals surface area (Å²) in [5.41, 5.74) is 1.78. The third-order valence-corrected chi connectivity index (χ3v) is 4.57. The number of aromatic nitrogens is 4. The van der Waals surface area contributed by atoms with Crippen LogP contribution in [0.2, 0.25) is 5.02 Å². The molecule has 1 atom stereocenters. The van der Waals surface area contributed by atoms with E-state index < -0.39 is 0 Å². The molecule has 8 nitrogen and oxygen atoms in total. The van der Waals surface area contributed by atoms with Crippen LogP contribution in [0.4, 0.5) is 11.6 Å². The number of anilines is 2. The Morgan fingerprint density at radius 3 is 2.88 bits per heavy atom. The quantitative estimate of drug-likeness (QED) is 0.853. The molecule has 3 rings (SSSR count). The highest BCUT2D eigenvalue weighted by Gasteiger charge is 2.27. The van der Waals surface area contributed by atoms with Crippen molar-refractivity contribution < 1.29 is 4.79 Å². The zero-order valence-electron chi connectivity index (χ0n) is 14.4. The van der Waals surface area contributed by atoms with Gasteiger partial charge in [0.15, 0.2) is 0 Å². The van der Waals surface area contributed by atoms with Gasteiger partial charge in [0.05, 0.1) is 6.20 Å². The minimum absolute atomic E-state index is 0.186. The summed E-state index contributed by atoms with van der Waals surface area (Å²) in [4.78, 5) is 30.8. The number of nitrogens with one attached hydrogen (secondary N) is 2. The highest BCUT2D eigenvalue weighted by atomic mass is 35.5. The number of halogens is 1. The number of amides is 1. The highest BCUT2D eigenvalue weighted by Crippen LogP contribution is 2.26. The summed E-state index contributed by atoms with van der Waals surface area (Å²) in [6, 6.07) is 0.186. The van der Waals surface area contributed by atoms with Crippen molar-refractivity contribution in [3.05, 3.63) is 34.6 Å². The minimum Gasteiger partial charge on any atom is -0.364 e. The second-order valence-electron chi connectivity index (χ2n) is 5.96. The van der Waals surface area contributed by atoms with E-state index in [0.717, 1.165) is 36.6 Å². The number of aryl methyl sites for hydroxylation is 1. The average Bonchev–Trinajstić information content (AvgIpc) is 3.07. The van der Waals surface area contributed by atoms with Gasteiger partial charge in [-0.1, -0.05) is 11.6 Å². The van der Waals surface area contributed by atoms with Gasteiger partial charge in [-0.2, -0.15) is 0 Å². The molecule has 2 aromatic rings. The predicted octanol–water partition coefficient (Wildman–Crippen LogP) is 1.59. The summed E-state index contributed by atoms with van der Waals surface area (Å²) < 4.78 is 0. The van der Waals surface area contributed by atoms with Gasteiger partial charge in [0.2, 0.25) is 5.82 Å². The standard InChI is InChI=1S/C16H20ClN7O/c1-9-10(2)21-14(16(25)18-3)23-15(9)24-5-4-11(7-24)22-13-12(17)6-19-8-20-13/h6,8,11H,4-5,7H2,1-3H3,(H,18,25)(H,19,20,22)/t11-/m1/s1. The van der Waals surface area contributed by atoms with Crippen LogP contribution in [0.5, 0.6) is 0 Å². The summed E-state index contributed by atoms with van der Waals surface area (Å²) in [7, 11) is 1.57. The number of nitrogens with zero attached hydrogens (tertiary/aromatic N) is 5. The first kappa shape index (κ1) is 17.3. The zero-order chi connectivity index (χ0) is 18.0. The molecule has 3 heterocycles. The monoisotopic (exact) mass is 361 g/mol. The van der Waals surface area contributed by atoms with Crippen molar-refractivity contribution in [2.24, 2.45) is 0 Å². The van der Waals surface area contributed by atoms with Gasteiger partial charge < -0.3 is 15.5 Å². The number of carbonyl (C=O) groups excluding carboxylic acids is 1. The van der Waals surface area contributed by atoms with E-state index in [1.165, 1.54) is 6.33 Å². The van der Waals surface area contributed by atoms with Gasteiger partial charge >= 0.3 is 0 Å². The van der Waals surface area contributed by atoms with E-state index in [-0.39, 0.29) is 17.8 Å². The van der Waals surface area contributed by atoms with Crippen molar-refractivity contribution in [2.45, 2.75) is 26.3 Å². The summed E-state index contributed by atoms with van der Waals surface area (Å²) in [5.74, 6) is 1.33. The SMILES string of the molecule is CNC(=O)c1nc(C)c(C)c(N2CC[C@@H](Nc3ncncc3Cl)C2)n1. The van der Waals surface area contributed by atoms with Crippen LogP contribution in [0.3, 0.4) is 0 Å². The van der Waals surface area contributed by atoms with Gasteiger partial charge in [-0.05, 0) is 20.3 Å². The Kier molecular flexibility index (Phi) is 4.98. The molecule has 2 aromatic heterocycles. The normalized spacial score (nSPS) is 16.8. The van der Waals surface area contributed by atoms with Gasteiger partial charge in [-0.15, -0.1) is 0 Å². The van der Waals surface area contributed by atoms with Crippen molar-refractivity contribution in [2.75, 3.05) is 30.4 Å². The van der Waals surface area contributed by atoms with E-state index in [0.29, 0.717) is 10.8 Å². The Morgan fingerprint density at radius 1 is 1.36 bits per heavy atom. The van der Waals surface area contributed by atoms with Crippen molar-refractivity contribution in [3.8, 4) is 0 Å². The second-order valence-corrected chi connectivity index (χ2v) is 6.36. The number of carbonyl (C=O) groups is 1. The van der Waals surface area contributed by atoms with Gasteiger partial charge in [0, 0.05) is 37.4 Å². The lowest BCUT2D eigenvalue weighted by molar-refractivity contribution is 0.0952. The summed E-state index contributed by atoms with van der Waals surface area (Å²) in [6.07, 6.45) is 3.95. The van der Waals surface area contributed by atoms with Crippen LogP contribution in [-0.2, 0) is 0 Å². The molecule has 0 spiro atoms. The van der Waals surface area contributed by atoms with E-state index in [1.54, 1.807) is 13.2 Å². The molecule has 132 valence electrons. The fraction of sp³-hybridized carbons (Fsp3) is 0.438. The molecule has 2 N–H and O–H groups in total. The first-order chi connectivity index (χ1) is 12.0. The Balaban J connectivity index is 1.79. The van der Waals surface area contributed by atoms with Crippen molar-refractivity contribution in [1.29, 1.82) is 0 Å². The Labute approximate surface area is 151 Å². The maximum atomic E-state index is 11.9. The number of rotatable bonds is 4. The van der Waals surface area contributed by atoms with Gasteiger partial charge in [-0.3, -0.25) is 4.79 Å². The van der Waals surface area contributed by atoms with Crippen molar-refractivity contribution in [1.82, 2.24) is 25.3 Å². The molecule has 1 aliphatic heterocycles. The Bertz CT molecular complexity index is 798. The van der Waals surface area contributed by atoms with E-state index >= 15 is 0 Å². The average molecular weight is 362 g/mol. The fourth-order valence-electron chi connectivity index (χ4n) is 2.82. The molecule has 0 bridgehead atoms. The van der Waals surface area contributed by atoms with Crippen LogP contribution in [0.25, 0.3) is 0 Å². The molecule has 1 amide bonds. The topological polar surface area (TPSA) is 95.9 Å². The second kappa shape index (κ2) is 7.18. The lowest BCUT2D eigenvalue weighted by Crippen LogP contribution is -2.29. The molecule has 9 heteroatoms. The molecular formula is C16H20ClN7O. The van der Waals surface area contributed by atoms with E-state index in [2.05, 4.69) is 35.5 Å². The van der Waals surface area contributed by atoms with Crippen LogP contribution in [0.1, 0.15) is 28.3 Å². The fourth-order valence-corrected chi connectivity index (χ4v) is 2.98. The molecule has 0 unspecified atom stereocenters. The molecule has 1 fully saturated rings. The summed E-state index contributed by atoms with van der Waals surface area (Å²) in [6.45, 7) is 5.43. The van der Waals surface area contributed by atoms with Gasteiger partial charge in [0.1, 0.15) is 23.0 Å². The van der Waals surface area contributed by atoms with Gasteiger partial charge in [-0.25, -0.2) is 19.9 Å². The van der Waals surface area contributed by atoms with Crippen molar-refractivity contribution >= 4 is 29.1 Å². The van der Waals surface area contributed by atoms with Crippen LogP contribution >= 0.6 is 11.6 Å². The zero-order valence-corrected chi connectivity index (χ0v) is 15.1. The molecular weight excluding hydrogens is 342 g/mol. The molecule has 0 saturated carbocycles. The molecule has 1 saturated heterocycles. The minimum atomic E-state index is -0.286. The Hall–Kier alpha value is -2.48. The molecule has 1 aliphatic rings. The van der Waals surface area contributed by atoms with E-state index in [1.807, 2.05) is 13.8 Å². The van der Waals surface area contributed by atoms with Crippen LogP contribution in [-0.4, -0.2) is 52.0 Å². The number of hydrogen-bond donors (Lipinski definition) is 2. The predicted molar refractivity (Wildman–Crippen MR) is 96.2 cm³/mol. The van der Waals surface area contributed by atoms with E-state index in [9.17, 15) is 4.79 Å². The Morgan fingerprint density at radius 2 is 2.16 bits per heavy atom. The van der Waals surface area contributed by atoms with Gasteiger partial charge in [0.25, 0.3) is 5.91 Å². The first-order valence-electron chi connectivity index (χ1n) is 8.04. The highest BCUT2D eigenvalue weighted by molar-refractivity contribution is 6.32. The lowest BCUT2D eigenvalue weighted by Gasteiger charge is -2.21. The lowest BCUT2D eigenvalue weighted by atomic mass is 10.2. The summed E-state index contributed by atoms with van der Waals surface area (Å²) >= 11 is 6.11. The third-order valence-electron chi connectivity index (χ3n) is 4.29. The molecule has 0 aliphatic carbocycles. The molecule has 0 aromatic carbocycles. The molecule has 25 heavy (non-hydrogen) atoms. The third kappa shape index (κ3) is 3.63. The van der Waals surface area contributed by atoms with Crippen LogP contribution in [0.15, 0.2) is 12.5 Å². The number of hydrogen-bond acceptors (Lipinski definition) is 7.